The van der Waals surface area contributed by atoms with E-state index in [1.54, 1.807) is 0 Å². The Labute approximate surface area is 151 Å². The van der Waals surface area contributed by atoms with E-state index in [1.165, 1.54) is 6.92 Å². The first-order valence-electron chi connectivity index (χ1n) is 8.88. The molecular weight excluding hydrogens is 332 g/mol. The van der Waals surface area contributed by atoms with E-state index < -0.39 is 12.1 Å². The number of benzene rings is 1. The maximum absolute atomic E-state index is 12.6. The standard InChI is InChI=1S/C19H24N4O3/c1-11(14-10-21-15-7-4-3-6-13(14)15)17-19(26)22-16(18(25)23-17)8-5-9-20-12(2)24/h3-4,6-7,10-11,16-17,21H,5,8-9H2,1-2H3,(H,20,24)(H,22,26)(H,23,25)/t11?,16-,17-/m1/s1. The van der Waals surface area contributed by atoms with E-state index in [1.807, 2.05) is 37.4 Å². The van der Waals surface area contributed by atoms with Gasteiger partial charge in [0.05, 0.1) is 0 Å². The van der Waals surface area contributed by atoms with Crippen molar-refractivity contribution in [3.05, 3.63) is 36.0 Å². The lowest BCUT2D eigenvalue weighted by atomic mass is 9.90. The van der Waals surface area contributed by atoms with Crippen LogP contribution in [0, 0.1) is 0 Å². The van der Waals surface area contributed by atoms with Gasteiger partial charge in [-0.2, -0.15) is 0 Å². The third-order valence-corrected chi connectivity index (χ3v) is 4.87. The number of hydrogen-bond acceptors (Lipinski definition) is 3. The van der Waals surface area contributed by atoms with Crippen LogP contribution < -0.4 is 16.0 Å². The van der Waals surface area contributed by atoms with Gasteiger partial charge >= 0.3 is 0 Å². The second-order valence-corrected chi connectivity index (χ2v) is 6.75. The average molecular weight is 356 g/mol. The number of carbonyl (C=O) groups is 3. The molecule has 0 aliphatic carbocycles. The Bertz CT molecular complexity index is 829. The summed E-state index contributed by atoms with van der Waals surface area (Å²) in [7, 11) is 0. The van der Waals surface area contributed by atoms with Crippen LogP contribution in [-0.4, -0.2) is 41.3 Å². The molecule has 138 valence electrons. The predicted octanol–water partition coefficient (Wildman–Crippen LogP) is 1.17. The SMILES string of the molecule is CC(=O)NCCC[C@H]1NC(=O)[C@@H](C(C)c2c[nH]c3ccccc23)NC1=O. The van der Waals surface area contributed by atoms with Crippen LogP contribution >= 0.6 is 0 Å². The minimum absolute atomic E-state index is 0.102. The highest BCUT2D eigenvalue weighted by molar-refractivity contribution is 5.98. The van der Waals surface area contributed by atoms with Crippen molar-refractivity contribution >= 4 is 28.6 Å². The maximum Gasteiger partial charge on any atom is 0.243 e. The van der Waals surface area contributed by atoms with Crippen LogP contribution in [0.5, 0.6) is 0 Å². The molecule has 0 spiro atoms. The molecule has 0 radical (unpaired) electrons. The lowest BCUT2D eigenvalue weighted by Crippen LogP contribution is -2.63. The number of hydrogen-bond donors (Lipinski definition) is 4. The fraction of sp³-hybridized carbons (Fsp3) is 0.421. The number of fused-ring (bicyclic) bond motifs is 1. The lowest BCUT2D eigenvalue weighted by molar-refractivity contribution is -0.137. The predicted molar refractivity (Wildman–Crippen MR) is 98.5 cm³/mol. The Balaban J connectivity index is 1.64. The second kappa shape index (κ2) is 7.59. The molecule has 3 amide bonds. The Morgan fingerprint density at radius 2 is 1.96 bits per heavy atom. The van der Waals surface area contributed by atoms with Gasteiger partial charge < -0.3 is 20.9 Å². The average Bonchev–Trinajstić information content (AvgIpc) is 3.04. The molecule has 1 aromatic heterocycles. The molecule has 0 saturated carbocycles. The van der Waals surface area contributed by atoms with Crippen molar-refractivity contribution in [2.45, 2.75) is 44.7 Å². The number of para-hydroxylation sites is 1. The van der Waals surface area contributed by atoms with E-state index in [2.05, 4.69) is 20.9 Å². The van der Waals surface area contributed by atoms with Gasteiger partial charge in [0, 0.05) is 36.5 Å². The zero-order chi connectivity index (χ0) is 18.7. The number of rotatable bonds is 6. The smallest absolute Gasteiger partial charge is 0.243 e. The van der Waals surface area contributed by atoms with E-state index in [-0.39, 0.29) is 23.6 Å². The largest absolute Gasteiger partial charge is 0.361 e. The van der Waals surface area contributed by atoms with Crippen molar-refractivity contribution < 1.29 is 14.4 Å². The van der Waals surface area contributed by atoms with Gasteiger partial charge in [0.15, 0.2) is 0 Å². The van der Waals surface area contributed by atoms with E-state index in [4.69, 9.17) is 0 Å². The summed E-state index contributed by atoms with van der Waals surface area (Å²) in [6, 6.07) is 6.74. The Morgan fingerprint density at radius 1 is 1.19 bits per heavy atom. The summed E-state index contributed by atoms with van der Waals surface area (Å²) in [6.45, 7) is 3.88. The van der Waals surface area contributed by atoms with Crippen molar-refractivity contribution in [2.75, 3.05) is 6.54 Å². The van der Waals surface area contributed by atoms with Gasteiger partial charge in [-0.25, -0.2) is 0 Å². The Hall–Kier alpha value is -2.83. The number of amides is 3. The van der Waals surface area contributed by atoms with Gasteiger partial charge in [-0.15, -0.1) is 0 Å². The molecule has 0 bridgehead atoms. The first kappa shape index (κ1) is 18.0. The van der Waals surface area contributed by atoms with E-state index in [9.17, 15) is 14.4 Å². The van der Waals surface area contributed by atoms with Crippen molar-refractivity contribution in [3.8, 4) is 0 Å². The summed E-state index contributed by atoms with van der Waals surface area (Å²) >= 11 is 0. The van der Waals surface area contributed by atoms with Gasteiger partial charge in [-0.3, -0.25) is 14.4 Å². The monoisotopic (exact) mass is 356 g/mol. The third kappa shape index (κ3) is 3.71. The summed E-state index contributed by atoms with van der Waals surface area (Å²) in [6.07, 6.45) is 3.01. The van der Waals surface area contributed by atoms with Gasteiger partial charge in [0.2, 0.25) is 17.7 Å². The first-order chi connectivity index (χ1) is 12.5. The zero-order valence-corrected chi connectivity index (χ0v) is 15.0. The van der Waals surface area contributed by atoms with Crippen molar-refractivity contribution in [3.63, 3.8) is 0 Å². The van der Waals surface area contributed by atoms with Crippen LogP contribution in [0.4, 0.5) is 0 Å². The van der Waals surface area contributed by atoms with Gasteiger partial charge in [0.1, 0.15) is 12.1 Å². The molecule has 26 heavy (non-hydrogen) atoms. The zero-order valence-electron chi connectivity index (χ0n) is 15.0. The van der Waals surface area contributed by atoms with Gasteiger partial charge in [-0.05, 0) is 24.5 Å². The van der Waals surface area contributed by atoms with Crippen LogP contribution in [0.1, 0.15) is 38.2 Å². The Kier molecular flexibility index (Phi) is 5.25. The fourth-order valence-electron chi connectivity index (χ4n) is 3.42. The number of nitrogens with one attached hydrogen (secondary N) is 4. The number of H-pyrrole nitrogens is 1. The molecule has 4 N–H and O–H groups in total. The van der Waals surface area contributed by atoms with Gasteiger partial charge in [0.25, 0.3) is 0 Å². The van der Waals surface area contributed by atoms with Crippen molar-refractivity contribution in [2.24, 2.45) is 0 Å². The number of aromatic amines is 1. The molecule has 2 heterocycles. The van der Waals surface area contributed by atoms with Crippen LogP contribution in [0.25, 0.3) is 10.9 Å². The Morgan fingerprint density at radius 3 is 2.73 bits per heavy atom. The molecular formula is C19H24N4O3. The van der Waals surface area contributed by atoms with E-state index in [0.717, 1.165) is 16.5 Å². The second-order valence-electron chi connectivity index (χ2n) is 6.75. The minimum atomic E-state index is -0.603. The molecule has 1 aliphatic heterocycles. The quantitative estimate of drug-likeness (QED) is 0.584. The third-order valence-electron chi connectivity index (χ3n) is 4.87. The normalized spacial score (nSPS) is 21.2. The fourth-order valence-corrected chi connectivity index (χ4v) is 3.42. The highest BCUT2D eigenvalue weighted by Gasteiger charge is 2.37. The van der Waals surface area contributed by atoms with Crippen molar-refractivity contribution in [1.29, 1.82) is 0 Å². The van der Waals surface area contributed by atoms with Crippen LogP contribution in [0.15, 0.2) is 30.5 Å². The van der Waals surface area contributed by atoms with Crippen LogP contribution in [0.2, 0.25) is 0 Å². The van der Waals surface area contributed by atoms with Gasteiger partial charge in [-0.1, -0.05) is 25.1 Å². The molecule has 1 aromatic carbocycles. The lowest BCUT2D eigenvalue weighted by Gasteiger charge is -2.33. The summed E-state index contributed by atoms with van der Waals surface area (Å²) in [4.78, 5) is 39.0. The molecule has 1 fully saturated rings. The number of carbonyl (C=O) groups excluding carboxylic acids is 3. The van der Waals surface area contributed by atoms with Crippen LogP contribution in [0.3, 0.4) is 0 Å². The summed E-state index contributed by atoms with van der Waals surface area (Å²) in [5.41, 5.74) is 2.01. The summed E-state index contributed by atoms with van der Waals surface area (Å²) in [5.74, 6) is -0.610. The summed E-state index contributed by atoms with van der Waals surface area (Å²) < 4.78 is 0. The van der Waals surface area contributed by atoms with Crippen LogP contribution in [-0.2, 0) is 14.4 Å². The highest BCUT2D eigenvalue weighted by Crippen LogP contribution is 2.28. The molecule has 2 aromatic rings. The number of piperazine rings is 1. The minimum Gasteiger partial charge on any atom is -0.361 e. The molecule has 7 nitrogen and oxygen atoms in total. The molecule has 7 heteroatoms. The van der Waals surface area contributed by atoms with E-state index in [0.29, 0.717) is 19.4 Å². The first-order valence-corrected chi connectivity index (χ1v) is 8.88. The molecule has 3 atom stereocenters. The summed E-state index contributed by atoms with van der Waals surface area (Å²) in [5, 5.41) is 9.43. The highest BCUT2D eigenvalue weighted by atomic mass is 16.2. The molecule has 1 saturated heterocycles. The topological polar surface area (TPSA) is 103 Å². The van der Waals surface area contributed by atoms with E-state index >= 15 is 0 Å². The molecule has 3 rings (SSSR count). The number of aromatic nitrogens is 1. The van der Waals surface area contributed by atoms with Crippen molar-refractivity contribution in [1.82, 2.24) is 20.9 Å². The molecule has 1 aliphatic rings. The maximum atomic E-state index is 12.6. The molecule has 1 unspecified atom stereocenters.